The zero-order chi connectivity index (χ0) is 13.2. The van der Waals surface area contributed by atoms with Gasteiger partial charge < -0.3 is 9.84 Å². The molecule has 2 aromatic rings. The van der Waals surface area contributed by atoms with Crippen LogP contribution in [0.1, 0.15) is 54.3 Å². The number of rotatable bonds is 3. The fourth-order valence-corrected chi connectivity index (χ4v) is 2.94. The number of benzene rings is 1. The van der Waals surface area contributed by atoms with Gasteiger partial charge in [-0.15, -0.1) is 0 Å². The monoisotopic (exact) mass is 256 g/mol. The molecule has 0 saturated heterocycles. The number of nitrogens with zero attached hydrogens (tertiary/aromatic N) is 1. The summed E-state index contributed by atoms with van der Waals surface area (Å²) in [5.74, 6) is 1.58. The van der Waals surface area contributed by atoms with Crippen LogP contribution < -0.4 is 5.32 Å². The van der Waals surface area contributed by atoms with Gasteiger partial charge in [0.2, 0.25) is 0 Å². The van der Waals surface area contributed by atoms with Crippen LogP contribution in [0.25, 0.3) is 0 Å². The maximum atomic E-state index is 5.25. The van der Waals surface area contributed by atoms with E-state index in [1.165, 1.54) is 24.0 Å². The summed E-state index contributed by atoms with van der Waals surface area (Å²) in [6.45, 7) is 5.01. The molecule has 1 aliphatic carbocycles. The summed E-state index contributed by atoms with van der Waals surface area (Å²) >= 11 is 0. The SMILES string of the molecule is Cc1cc(CNC2CCC(C)c3ccccc32)on1. The lowest BCUT2D eigenvalue weighted by atomic mass is 9.81. The summed E-state index contributed by atoms with van der Waals surface area (Å²) in [6.07, 6.45) is 2.43. The molecule has 0 saturated carbocycles. The fraction of sp³-hybridized carbons (Fsp3) is 0.438. The average molecular weight is 256 g/mol. The van der Waals surface area contributed by atoms with Crippen molar-refractivity contribution in [3.05, 3.63) is 52.9 Å². The molecule has 2 unspecified atom stereocenters. The first-order valence-electron chi connectivity index (χ1n) is 6.98. The van der Waals surface area contributed by atoms with Crippen LogP contribution in [0.5, 0.6) is 0 Å². The van der Waals surface area contributed by atoms with E-state index in [2.05, 4.69) is 41.7 Å². The molecule has 2 atom stereocenters. The maximum Gasteiger partial charge on any atom is 0.150 e. The summed E-state index contributed by atoms with van der Waals surface area (Å²) in [5, 5.41) is 7.52. The van der Waals surface area contributed by atoms with Crippen molar-refractivity contribution in [2.75, 3.05) is 0 Å². The molecule has 100 valence electrons. The number of aryl methyl sites for hydroxylation is 1. The molecule has 19 heavy (non-hydrogen) atoms. The van der Waals surface area contributed by atoms with Crippen molar-refractivity contribution >= 4 is 0 Å². The Morgan fingerprint density at radius 2 is 2.05 bits per heavy atom. The molecule has 3 heteroatoms. The van der Waals surface area contributed by atoms with Crippen molar-refractivity contribution < 1.29 is 4.52 Å². The Morgan fingerprint density at radius 1 is 1.26 bits per heavy atom. The van der Waals surface area contributed by atoms with Crippen LogP contribution in [0, 0.1) is 6.92 Å². The van der Waals surface area contributed by atoms with Gasteiger partial charge in [-0.1, -0.05) is 36.3 Å². The number of nitrogens with one attached hydrogen (secondary N) is 1. The van der Waals surface area contributed by atoms with Crippen molar-refractivity contribution in [1.29, 1.82) is 0 Å². The highest BCUT2D eigenvalue weighted by Crippen LogP contribution is 2.37. The molecule has 3 nitrogen and oxygen atoms in total. The molecule has 1 aliphatic rings. The first kappa shape index (κ1) is 12.4. The maximum absolute atomic E-state index is 5.25. The van der Waals surface area contributed by atoms with E-state index >= 15 is 0 Å². The zero-order valence-electron chi connectivity index (χ0n) is 11.5. The van der Waals surface area contributed by atoms with Crippen LogP contribution in [0.2, 0.25) is 0 Å². The van der Waals surface area contributed by atoms with E-state index in [0.29, 0.717) is 12.0 Å². The van der Waals surface area contributed by atoms with E-state index in [0.717, 1.165) is 18.0 Å². The van der Waals surface area contributed by atoms with Gasteiger partial charge in [0.15, 0.2) is 5.76 Å². The van der Waals surface area contributed by atoms with Crippen LogP contribution in [0.3, 0.4) is 0 Å². The molecular weight excluding hydrogens is 236 g/mol. The molecular formula is C16H20N2O. The Morgan fingerprint density at radius 3 is 2.79 bits per heavy atom. The van der Waals surface area contributed by atoms with Crippen molar-refractivity contribution in [1.82, 2.24) is 10.5 Å². The van der Waals surface area contributed by atoms with Gasteiger partial charge in [-0.25, -0.2) is 0 Å². The Hall–Kier alpha value is -1.61. The second-order valence-electron chi connectivity index (χ2n) is 5.48. The predicted molar refractivity (Wildman–Crippen MR) is 74.9 cm³/mol. The molecule has 1 aromatic heterocycles. The molecule has 0 radical (unpaired) electrons. The zero-order valence-corrected chi connectivity index (χ0v) is 11.5. The second kappa shape index (κ2) is 5.17. The Labute approximate surface area is 114 Å². The molecule has 0 amide bonds. The van der Waals surface area contributed by atoms with Crippen molar-refractivity contribution in [3.8, 4) is 0 Å². The third kappa shape index (κ3) is 2.56. The van der Waals surface area contributed by atoms with E-state index in [4.69, 9.17) is 4.52 Å². The lowest BCUT2D eigenvalue weighted by molar-refractivity contribution is 0.349. The fourth-order valence-electron chi connectivity index (χ4n) is 2.94. The van der Waals surface area contributed by atoms with Gasteiger partial charge in [-0.05, 0) is 36.8 Å². The summed E-state index contributed by atoms with van der Waals surface area (Å²) in [6, 6.07) is 11.2. The lowest BCUT2D eigenvalue weighted by Gasteiger charge is -2.30. The first-order valence-corrected chi connectivity index (χ1v) is 6.98. The van der Waals surface area contributed by atoms with E-state index < -0.39 is 0 Å². The minimum atomic E-state index is 0.429. The number of hydrogen-bond acceptors (Lipinski definition) is 3. The van der Waals surface area contributed by atoms with Gasteiger partial charge >= 0.3 is 0 Å². The molecule has 0 bridgehead atoms. The quantitative estimate of drug-likeness (QED) is 0.909. The van der Waals surface area contributed by atoms with Crippen LogP contribution in [0.4, 0.5) is 0 Å². The van der Waals surface area contributed by atoms with Crippen molar-refractivity contribution in [2.45, 2.75) is 45.2 Å². The van der Waals surface area contributed by atoms with Gasteiger partial charge in [-0.3, -0.25) is 0 Å². The number of hydrogen-bond donors (Lipinski definition) is 1. The minimum absolute atomic E-state index is 0.429. The average Bonchev–Trinajstić information content (AvgIpc) is 2.84. The van der Waals surface area contributed by atoms with Gasteiger partial charge in [0.1, 0.15) is 0 Å². The Kier molecular flexibility index (Phi) is 3.38. The first-order chi connectivity index (χ1) is 9.24. The van der Waals surface area contributed by atoms with Gasteiger partial charge in [0.05, 0.1) is 12.2 Å². The van der Waals surface area contributed by atoms with Crippen LogP contribution >= 0.6 is 0 Å². The third-order valence-corrected chi connectivity index (χ3v) is 3.99. The van der Waals surface area contributed by atoms with Crippen LogP contribution in [0.15, 0.2) is 34.9 Å². The van der Waals surface area contributed by atoms with Gasteiger partial charge in [0.25, 0.3) is 0 Å². The number of aromatic nitrogens is 1. The van der Waals surface area contributed by atoms with Gasteiger partial charge in [0, 0.05) is 12.1 Å². The highest BCUT2D eigenvalue weighted by Gasteiger charge is 2.23. The van der Waals surface area contributed by atoms with Crippen molar-refractivity contribution in [3.63, 3.8) is 0 Å². The third-order valence-electron chi connectivity index (χ3n) is 3.99. The molecule has 0 spiro atoms. The van der Waals surface area contributed by atoms with E-state index in [9.17, 15) is 0 Å². The topological polar surface area (TPSA) is 38.1 Å². The van der Waals surface area contributed by atoms with Gasteiger partial charge in [-0.2, -0.15) is 0 Å². The molecule has 3 rings (SSSR count). The lowest BCUT2D eigenvalue weighted by Crippen LogP contribution is -2.25. The summed E-state index contributed by atoms with van der Waals surface area (Å²) in [4.78, 5) is 0. The largest absolute Gasteiger partial charge is 0.360 e. The normalized spacial score (nSPS) is 22.2. The van der Waals surface area contributed by atoms with E-state index in [-0.39, 0.29) is 0 Å². The highest BCUT2D eigenvalue weighted by molar-refractivity contribution is 5.34. The summed E-state index contributed by atoms with van der Waals surface area (Å²) in [7, 11) is 0. The minimum Gasteiger partial charge on any atom is -0.360 e. The van der Waals surface area contributed by atoms with E-state index in [1.54, 1.807) is 0 Å². The molecule has 1 aromatic carbocycles. The molecule has 0 aliphatic heterocycles. The molecule has 1 heterocycles. The smallest absolute Gasteiger partial charge is 0.150 e. The predicted octanol–water partition coefficient (Wildman–Crippen LogP) is 3.71. The Bertz CT molecular complexity index is 561. The van der Waals surface area contributed by atoms with Crippen molar-refractivity contribution in [2.24, 2.45) is 0 Å². The summed E-state index contributed by atoms with van der Waals surface area (Å²) < 4.78 is 5.25. The second-order valence-corrected chi connectivity index (χ2v) is 5.48. The molecule has 1 N–H and O–H groups in total. The van der Waals surface area contributed by atoms with Crippen LogP contribution in [-0.4, -0.2) is 5.16 Å². The Balaban J connectivity index is 1.74. The highest BCUT2D eigenvalue weighted by atomic mass is 16.5. The molecule has 0 fully saturated rings. The standard InChI is InChI=1S/C16H20N2O/c1-11-7-8-16(15-6-4-3-5-14(11)15)17-10-13-9-12(2)18-19-13/h3-6,9,11,16-17H,7-8,10H2,1-2H3. The van der Waals surface area contributed by atoms with Crippen LogP contribution in [-0.2, 0) is 6.54 Å². The summed E-state index contributed by atoms with van der Waals surface area (Å²) in [5.41, 5.74) is 3.87. The van der Waals surface area contributed by atoms with E-state index in [1.807, 2.05) is 13.0 Å². The number of fused-ring (bicyclic) bond motifs is 1.